The van der Waals surface area contributed by atoms with Crippen LogP contribution < -0.4 is 11.1 Å². The van der Waals surface area contributed by atoms with E-state index < -0.39 is 24.0 Å². The number of nitrogens with one attached hydrogen (secondary N) is 1. The molecular weight excluding hydrogens is 236 g/mol. The van der Waals surface area contributed by atoms with Gasteiger partial charge in [-0.3, -0.25) is 4.79 Å². The van der Waals surface area contributed by atoms with Crippen LogP contribution in [0.25, 0.3) is 0 Å². The molecule has 1 fully saturated rings. The van der Waals surface area contributed by atoms with E-state index in [4.69, 9.17) is 10.5 Å². The highest BCUT2D eigenvalue weighted by Gasteiger charge is 2.32. The first-order chi connectivity index (χ1) is 8.60. The second-order valence-electron chi connectivity index (χ2n) is 4.68. The molecule has 2 atom stereocenters. The fourth-order valence-corrected chi connectivity index (χ4v) is 2.41. The van der Waals surface area contributed by atoms with Crippen LogP contribution in [0.15, 0.2) is 0 Å². The Morgan fingerprint density at radius 3 is 2.44 bits per heavy atom. The average Bonchev–Trinajstić information content (AvgIpc) is 2.38. The lowest BCUT2D eigenvalue weighted by molar-refractivity contribution is -0.145. The Kier molecular flexibility index (Phi) is 6.07. The van der Waals surface area contributed by atoms with Gasteiger partial charge in [0, 0.05) is 13.7 Å². The number of amides is 1. The molecule has 0 bridgehead atoms. The average molecular weight is 258 g/mol. The monoisotopic (exact) mass is 258 g/mol. The van der Waals surface area contributed by atoms with Crippen LogP contribution in [0.3, 0.4) is 0 Å². The van der Waals surface area contributed by atoms with E-state index in [1.165, 1.54) is 7.11 Å². The largest absolute Gasteiger partial charge is 0.480 e. The topological polar surface area (TPSA) is 102 Å². The van der Waals surface area contributed by atoms with Crippen LogP contribution in [0, 0.1) is 5.92 Å². The van der Waals surface area contributed by atoms with Crippen molar-refractivity contribution in [2.45, 2.75) is 44.2 Å². The van der Waals surface area contributed by atoms with Gasteiger partial charge in [-0.2, -0.15) is 0 Å². The van der Waals surface area contributed by atoms with Gasteiger partial charge in [-0.1, -0.05) is 19.3 Å². The van der Waals surface area contributed by atoms with E-state index in [1.54, 1.807) is 0 Å². The number of carbonyl (C=O) groups excluding carboxylic acids is 1. The van der Waals surface area contributed by atoms with Crippen molar-refractivity contribution < 1.29 is 19.4 Å². The molecule has 6 heteroatoms. The first-order valence-electron chi connectivity index (χ1n) is 6.36. The third kappa shape index (κ3) is 3.96. The maximum atomic E-state index is 11.8. The van der Waals surface area contributed by atoms with Crippen molar-refractivity contribution in [3.05, 3.63) is 0 Å². The van der Waals surface area contributed by atoms with E-state index in [2.05, 4.69) is 5.32 Å². The quantitative estimate of drug-likeness (QED) is 0.627. The molecule has 1 aliphatic rings. The van der Waals surface area contributed by atoms with E-state index in [0.717, 1.165) is 32.1 Å². The Hall–Kier alpha value is -1.14. The van der Waals surface area contributed by atoms with Crippen LogP contribution >= 0.6 is 0 Å². The maximum Gasteiger partial charge on any atom is 0.326 e. The molecule has 0 aliphatic heterocycles. The van der Waals surface area contributed by atoms with Gasteiger partial charge in [0.1, 0.15) is 12.1 Å². The second-order valence-corrected chi connectivity index (χ2v) is 4.68. The van der Waals surface area contributed by atoms with E-state index in [0.29, 0.717) is 0 Å². The third-order valence-corrected chi connectivity index (χ3v) is 3.48. The number of hydrogen-bond acceptors (Lipinski definition) is 4. The lowest BCUT2D eigenvalue weighted by Crippen LogP contribution is -2.51. The van der Waals surface area contributed by atoms with Crippen LogP contribution in [0.5, 0.6) is 0 Å². The molecule has 1 amide bonds. The summed E-state index contributed by atoms with van der Waals surface area (Å²) in [6, 6.07) is -0.831. The number of carboxylic acid groups (broad SMARTS) is 1. The summed E-state index contributed by atoms with van der Waals surface area (Å²) < 4.78 is 4.90. The van der Waals surface area contributed by atoms with Crippen molar-refractivity contribution in [3.63, 3.8) is 0 Å². The summed E-state index contributed by atoms with van der Waals surface area (Å²) in [4.78, 5) is 23.0. The number of rotatable bonds is 6. The molecule has 0 heterocycles. The molecule has 1 saturated carbocycles. The van der Waals surface area contributed by atoms with Crippen LogP contribution in [-0.2, 0) is 14.3 Å². The highest BCUT2D eigenvalue weighted by Crippen LogP contribution is 2.26. The fraction of sp³-hybridized carbons (Fsp3) is 0.833. The van der Waals surface area contributed by atoms with Gasteiger partial charge in [0.05, 0.1) is 0 Å². The van der Waals surface area contributed by atoms with Crippen LogP contribution in [0.2, 0.25) is 0 Å². The number of carboxylic acids is 1. The molecule has 104 valence electrons. The van der Waals surface area contributed by atoms with Crippen molar-refractivity contribution in [1.29, 1.82) is 0 Å². The van der Waals surface area contributed by atoms with Gasteiger partial charge in [-0.05, 0) is 18.8 Å². The number of methoxy groups -OCH3 is 1. The van der Waals surface area contributed by atoms with Gasteiger partial charge in [0.2, 0.25) is 0 Å². The van der Waals surface area contributed by atoms with Gasteiger partial charge in [0.15, 0.2) is 0 Å². The van der Waals surface area contributed by atoms with E-state index in [9.17, 15) is 14.7 Å². The summed E-state index contributed by atoms with van der Waals surface area (Å²) in [7, 11) is 1.38. The first-order valence-corrected chi connectivity index (χ1v) is 6.36. The Morgan fingerprint density at radius 2 is 2.00 bits per heavy atom. The van der Waals surface area contributed by atoms with Crippen molar-refractivity contribution in [3.8, 4) is 0 Å². The highest BCUT2D eigenvalue weighted by atomic mass is 16.5. The number of carbonyl (C=O) groups is 2. The Labute approximate surface area is 107 Å². The summed E-state index contributed by atoms with van der Waals surface area (Å²) in [5, 5.41) is 11.8. The molecule has 1 rings (SSSR count). The van der Waals surface area contributed by atoms with Crippen molar-refractivity contribution in [2.24, 2.45) is 11.7 Å². The zero-order valence-corrected chi connectivity index (χ0v) is 10.7. The van der Waals surface area contributed by atoms with Gasteiger partial charge in [0.25, 0.3) is 5.91 Å². The smallest absolute Gasteiger partial charge is 0.326 e. The summed E-state index contributed by atoms with van der Waals surface area (Å²) in [5.74, 6) is -1.42. The minimum Gasteiger partial charge on any atom is -0.480 e. The standard InChI is InChI=1S/C12H22N2O4/c1-18-9(7-13)11(15)14-10(12(16)17)8-5-3-2-4-6-8/h8-10H,2-7,13H2,1H3,(H,14,15)(H,16,17). The lowest BCUT2D eigenvalue weighted by Gasteiger charge is -2.28. The maximum absolute atomic E-state index is 11.8. The predicted molar refractivity (Wildman–Crippen MR) is 66.0 cm³/mol. The van der Waals surface area contributed by atoms with Crippen molar-refractivity contribution >= 4 is 11.9 Å². The van der Waals surface area contributed by atoms with Crippen molar-refractivity contribution in [1.82, 2.24) is 5.32 Å². The number of ether oxygens (including phenoxy) is 1. The van der Waals surface area contributed by atoms with Crippen LogP contribution in [0.1, 0.15) is 32.1 Å². The zero-order chi connectivity index (χ0) is 13.5. The molecule has 0 radical (unpaired) electrons. The molecule has 6 nitrogen and oxygen atoms in total. The third-order valence-electron chi connectivity index (χ3n) is 3.48. The van der Waals surface area contributed by atoms with E-state index >= 15 is 0 Å². The second kappa shape index (κ2) is 7.33. The van der Waals surface area contributed by atoms with Gasteiger partial charge in [-0.25, -0.2) is 4.79 Å². The molecule has 18 heavy (non-hydrogen) atoms. The number of hydrogen-bond donors (Lipinski definition) is 3. The first kappa shape index (κ1) is 14.9. The number of nitrogens with two attached hydrogens (primary N) is 1. The molecular formula is C12H22N2O4. The molecule has 0 aromatic rings. The molecule has 1 aliphatic carbocycles. The molecule has 0 aromatic heterocycles. The van der Waals surface area contributed by atoms with Crippen molar-refractivity contribution in [2.75, 3.05) is 13.7 Å². The van der Waals surface area contributed by atoms with E-state index in [1.807, 2.05) is 0 Å². The fourth-order valence-electron chi connectivity index (χ4n) is 2.41. The molecule has 0 saturated heterocycles. The predicted octanol–water partition coefficient (Wildman–Crippen LogP) is 0.110. The normalized spacial score (nSPS) is 20.1. The lowest BCUT2D eigenvalue weighted by atomic mass is 9.84. The van der Waals surface area contributed by atoms with Gasteiger partial charge in [-0.15, -0.1) is 0 Å². The Balaban J connectivity index is 2.62. The minimum atomic E-state index is -0.984. The summed E-state index contributed by atoms with van der Waals surface area (Å²) >= 11 is 0. The molecule has 0 spiro atoms. The van der Waals surface area contributed by atoms with E-state index in [-0.39, 0.29) is 12.5 Å². The highest BCUT2D eigenvalue weighted by molar-refractivity contribution is 5.86. The van der Waals surface area contributed by atoms with Gasteiger partial charge < -0.3 is 20.9 Å². The SMILES string of the molecule is COC(CN)C(=O)NC(C(=O)O)C1CCCCC1. The molecule has 4 N–H and O–H groups in total. The summed E-state index contributed by atoms with van der Waals surface area (Å²) in [5.41, 5.74) is 5.38. The Bertz CT molecular complexity index is 286. The Morgan fingerprint density at radius 1 is 1.39 bits per heavy atom. The van der Waals surface area contributed by atoms with Crippen LogP contribution in [-0.4, -0.2) is 42.8 Å². The minimum absolute atomic E-state index is 0.00970. The summed E-state index contributed by atoms with van der Waals surface area (Å²) in [6.45, 7) is 0.0410. The van der Waals surface area contributed by atoms with Gasteiger partial charge >= 0.3 is 5.97 Å². The number of aliphatic carboxylic acids is 1. The molecule has 0 aromatic carbocycles. The zero-order valence-electron chi connectivity index (χ0n) is 10.7. The molecule has 2 unspecified atom stereocenters. The summed E-state index contributed by atoms with van der Waals surface area (Å²) in [6.07, 6.45) is 4.09. The van der Waals surface area contributed by atoms with Crippen LogP contribution in [0.4, 0.5) is 0 Å².